The first kappa shape index (κ1) is 7.88. The molecule has 2 rings (SSSR count). The first-order chi connectivity index (χ1) is 6.20. The molecule has 0 saturated heterocycles. The number of nitrogen functional groups attached to an aromatic ring is 1. The van der Waals surface area contributed by atoms with E-state index in [4.69, 9.17) is 5.73 Å². The SMILES string of the molecule is Nc1cccc2c1C(=O)N=NC2O. The van der Waals surface area contributed by atoms with Crippen molar-refractivity contribution in [1.29, 1.82) is 0 Å². The highest BCUT2D eigenvalue weighted by Crippen LogP contribution is 2.28. The van der Waals surface area contributed by atoms with Gasteiger partial charge in [-0.05, 0) is 6.07 Å². The molecule has 1 heterocycles. The van der Waals surface area contributed by atoms with Gasteiger partial charge in [0.05, 0.1) is 5.56 Å². The van der Waals surface area contributed by atoms with Gasteiger partial charge in [0.2, 0.25) is 0 Å². The number of amides is 1. The van der Waals surface area contributed by atoms with E-state index in [-0.39, 0.29) is 5.56 Å². The van der Waals surface area contributed by atoms with Crippen LogP contribution < -0.4 is 5.73 Å². The number of hydrogen-bond acceptors (Lipinski definition) is 4. The fourth-order valence-electron chi connectivity index (χ4n) is 1.27. The monoisotopic (exact) mass is 177 g/mol. The van der Waals surface area contributed by atoms with Crippen molar-refractivity contribution >= 4 is 11.6 Å². The quantitative estimate of drug-likeness (QED) is 0.576. The van der Waals surface area contributed by atoms with Crippen LogP contribution in [-0.2, 0) is 0 Å². The smallest absolute Gasteiger partial charge is 0.297 e. The lowest BCUT2D eigenvalue weighted by Gasteiger charge is -2.14. The number of rotatable bonds is 0. The Morgan fingerprint density at radius 1 is 1.46 bits per heavy atom. The number of fused-ring (bicyclic) bond motifs is 1. The van der Waals surface area contributed by atoms with Crippen molar-refractivity contribution in [2.24, 2.45) is 10.2 Å². The zero-order chi connectivity index (χ0) is 9.42. The molecule has 66 valence electrons. The third-order valence-electron chi connectivity index (χ3n) is 1.88. The van der Waals surface area contributed by atoms with E-state index < -0.39 is 12.1 Å². The molecule has 5 heteroatoms. The van der Waals surface area contributed by atoms with Gasteiger partial charge in [-0.3, -0.25) is 4.79 Å². The summed E-state index contributed by atoms with van der Waals surface area (Å²) in [6.45, 7) is 0. The van der Waals surface area contributed by atoms with E-state index in [1.807, 2.05) is 0 Å². The Labute approximate surface area is 73.9 Å². The maximum absolute atomic E-state index is 11.2. The lowest BCUT2D eigenvalue weighted by molar-refractivity contribution is 0.0946. The Morgan fingerprint density at radius 2 is 2.23 bits per heavy atom. The molecule has 1 amide bonds. The third-order valence-corrected chi connectivity index (χ3v) is 1.88. The minimum Gasteiger partial charge on any atom is -0.398 e. The average molecular weight is 177 g/mol. The second-order valence-electron chi connectivity index (χ2n) is 2.71. The molecule has 0 radical (unpaired) electrons. The van der Waals surface area contributed by atoms with Gasteiger partial charge in [-0.2, -0.15) is 0 Å². The Hall–Kier alpha value is -1.75. The molecule has 5 nitrogen and oxygen atoms in total. The number of azo groups is 1. The van der Waals surface area contributed by atoms with E-state index in [2.05, 4.69) is 10.2 Å². The molecule has 1 aliphatic heterocycles. The van der Waals surface area contributed by atoms with E-state index in [1.165, 1.54) is 0 Å². The molecule has 1 unspecified atom stereocenters. The van der Waals surface area contributed by atoms with Crippen molar-refractivity contribution in [2.45, 2.75) is 6.23 Å². The number of nitrogens with two attached hydrogens (primary N) is 1. The molecule has 1 atom stereocenters. The number of anilines is 1. The third kappa shape index (κ3) is 1.09. The molecule has 0 fully saturated rings. The fraction of sp³-hybridized carbons (Fsp3) is 0.125. The summed E-state index contributed by atoms with van der Waals surface area (Å²) in [4.78, 5) is 11.2. The number of aliphatic hydroxyl groups is 1. The molecular formula is C8H7N3O2. The van der Waals surface area contributed by atoms with Gasteiger partial charge in [-0.15, -0.1) is 10.2 Å². The van der Waals surface area contributed by atoms with Crippen LogP contribution in [0, 0.1) is 0 Å². The maximum Gasteiger partial charge on any atom is 0.297 e. The van der Waals surface area contributed by atoms with Gasteiger partial charge in [-0.25, -0.2) is 0 Å². The minimum atomic E-state index is -1.07. The van der Waals surface area contributed by atoms with Crippen LogP contribution in [0.5, 0.6) is 0 Å². The highest BCUT2D eigenvalue weighted by Gasteiger charge is 2.23. The Kier molecular flexibility index (Phi) is 1.60. The standard InChI is InChI=1S/C8H7N3O2/c9-5-3-1-2-4-6(5)8(13)11-10-7(4)12/h1-3,7,12H,9H2. The van der Waals surface area contributed by atoms with Crippen LogP contribution in [0.4, 0.5) is 5.69 Å². The van der Waals surface area contributed by atoms with Crippen LogP contribution in [0.2, 0.25) is 0 Å². The van der Waals surface area contributed by atoms with E-state index in [0.29, 0.717) is 11.3 Å². The molecule has 1 aliphatic rings. The second-order valence-corrected chi connectivity index (χ2v) is 2.71. The summed E-state index contributed by atoms with van der Waals surface area (Å²) in [6, 6.07) is 4.85. The summed E-state index contributed by atoms with van der Waals surface area (Å²) in [5.74, 6) is -0.501. The van der Waals surface area contributed by atoms with Crippen LogP contribution in [0.15, 0.2) is 28.4 Å². The predicted octanol–water partition coefficient (Wildman–Crippen LogP) is 0.866. The Bertz CT molecular complexity index is 400. The van der Waals surface area contributed by atoms with Crippen molar-refractivity contribution in [3.05, 3.63) is 29.3 Å². The van der Waals surface area contributed by atoms with Crippen molar-refractivity contribution in [1.82, 2.24) is 0 Å². The van der Waals surface area contributed by atoms with Gasteiger partial charge < -0.3 is 10.8 Å². The lowest BCUT2D eigenvalue weighted by Crippen LogP contribution is -2.12. The summed E-state index contributed by atoms with van der Waals surface area (Å²) in [7, 11) is 0. The maximum atomic E-state index is 11.2. The number of hydrogen-bond donors (Lipinski definition) is 2. The lowest BCUT2D eigenvalue weighted by atomic mass is 10.0. The van der Waals surface area contributed by atoms with Gasteiger partial charge in [0.1, 0.15) is 0 Å². The van der Waals surface area contributed by atoms with Crippen LogP contribution >= 0.6 is 0 Å². The Balaban J connectivity index is 2.68. The van der Waals surface area contributed by atoms with Gasteiger partial charge in [0.15, 0.2) is 6.23 Å². The largest absolute Gasteiger partial charge is 0.398 e. The van der Waals surface area contributed by atoms with Crippen molar-refractivity contribution in [2.75, 3.05) is 5.73 Å². The van der Waals surface area contributed by atoms with Crippen molar-refractivity contribution in [3.63, 3.8) is 0 Å². The summed E-state index contributed by atoms with van der Waals surface area (Å²) in [6.07, 6.45) is -1.07. The van der Waals surface area contributed by atoms with Crippen molar-refractivity contribution < 1.29 is 9.90 Å². The summed E-state index contributed by atoms with van der Waals surface area (Å²) >= 11 is 0. The average Bonchev–Trinajstić information content (AvgIpc) is 2.12. The second kappa shape index (κ2) is 2.63. The van der Waals surface area contributed by atoms with Gasteiger partial charge in [0, 0.05) is 11.3 Å². The molecule has 0 aliphatic carbocycles. The normalized spacial score (nSPS) is 20.1. The number of benzene rings is 1. The molecule has 0 spiro atoms. The number of carbonyl (C=O) groups excluding carboxylic acids is 1. The van der Waals surface area contributed by atoms with E-state index in [1.54, 1.807) is 18.2 Å². The summed E-state index contributed by atoms with van der Waals surface area (Å²) in [5.41, 5.74) is 6.55. The zero-order valence-corrected chi connectivity index (χ0v) is 6.64. The van der Waals surface area contributed by atoms with Crippen molar-refractivity contribution in [3.8, 4) is 0 Å². The summed E-state index contributed by atoms with van der Waals surface area (Å²) < 4.78 is 0. The van der Waals surface area contributed by atoms with Crippen LogP contribution in [0.3, 0.4) is 0 Å². The first-order valence-corrected chi connectivity index (χ1v) is 3.72. The highest BCUT2D eigenvalue weighted by atomic mass is 16.3. The summed E-state index contributed by atoms with van der Waals surface area (Å²) in [5, 5.41) is 16.0. The number of carbonyl (C=O) groups is 1. The van der Waals surface area contributed by atoms with Gasteiger partial charge in [-0.1, -0.05) is 12.1 Å². The minimum absolute atomic E-state index is 0.255. The van der Waals surface area contributed by atoms with Crippen LogP contribution in [0.25, 0.3) is 0 Å². The molecule has 13 heavy (non-hydrogen) atoms. The number of nitrogens with zero attached hydrogens (tertiary/aromatic N) is 2. The number of aliphatic hydroxyl groups excluding tert-OH is 1. The van der Waals surface area contributed by atoms with E-state index in [9.17, 15) is 9.90 Å². The molecule has 1 aromatic carbocycles. The van der Waals surface area contributed by atoms with Gasteiger partial charge in [0.25, 0.3) is 5.91 Å². The molecule has 0 saturated carbocycles. The fourth-order valence-corrected chi connectivity index (χ4v) is 1.27. The predicted molar refractivity (Wildman–Crippen MR) is 45.0 cm³/mol. The van der Waals surface area contributed by atoms with E-state index >= 15 is 0 Å². The molecular weight excluding hydrogens is 170 g/mol. The van der Waals surface area contributed by atoms with Crippen LogP contribution in [0.1, 0.15) is 22.1 Å². The molecule has 0 aromatic heterocycles. The zero-order valence-electron chi connectivity index (χ0n) is 6.64. The first-order valence-electron chi connectivity index (χ1n) is 3.72. The van der Waals surface area contributed by atoms with E-state index in [0.717, 1.165) is 0 Å². The van der Waals surface area contributed by atoms with Gasteiger partial charge >= 0.3 is 0 Å². The molecule has 3 N–H and O–H groups in total. The topological polar surface area (TPSA) is 88.0 Å². The Morgan fingerprint density at radius 3 is 2.92 bits per heavy atom. The highest BCUT2D eigenvalue weighted by molar-refractivity contribution is 6.01. The molecule has 1 aromatic rings. The van der Waals surface area contributed by atoms with Crippen LogP contribution in [-0.4, -0.2) is 11.0 Å². The molecule has 0 bridgehead atoms.